The highest BCUT2D eigenvalue weighted by Gasteiger charge is 2.40. The van der Waals surface area contributed by atoms with Crippen molar-refractivity contribution in [2.75, 3.05) is 27.3 Å². The van der Waals surface area contributed by atoms with E-state index in [0.717, 1.165) is 48.2 Å². The van der Waals surface area contributed by atoms with Gasteiger partial charge < -0.3 is 15.2 Å². The van der Waals surface area contributed by atoms with Gasteiger partial charge in [-0.15, -0.1) is 0 Å². The smallest absolute Gasteiger partial charge is 0.225 e. The van der Waals surface area contributed by atoms with Gasteiger partial charge in [-0.2, -0.15) is 0 Å². The Balaban J connectivity index is 1.53. The number of amides is 1. The minimum atomic E-state index is -0.595. The first-order chi connectivity index (χ1) is 16.0. The summed E-state index contributed by atoms with van der Waals surface area (Å²) in [6, 6.07) is 18.3. The number of carbonyl (C=O) groups is 1. The number of carbonyl (C=O) groups excluding carboxylic acids is 1. The number of hydrogen-bond acceptors (Lipinski definition) is 5. The first-order valence-corrected chi connectivity index (χ1v) is 11.3. The van der Waals surface area contributed by atoms with Crippen LogP contribution in [0.1, 0.15) is 24.0 Å². The molecule has 1 fully saturated rings. The SMILES string of the molecule is COc1ccc(CN2CCCC(Cc3cccc(-c4cccnc4)c3)(C(N)=O)C2)cc1OC. The van der Waals surface area contributed by atoms with Gasteiger partial charge in [-0.1, -0.05) is 36.4 Å². The van der Waals surface area contributed by atoms with E-state index in [-0.39, 0.29) is 5.91 Å². The van der Waals surface area contributed by atoms with Crippen molar-refractivity contribution < 1.29 is 14.3 Å². The third-order valence-corrected chi connectivity index (χ3v) is 6.50. The molecule has 1 aliphatic rings. The van der Waals surface area contributed by atoms with Gasteiger partial charge >= 0.3 is 0 Å². The highest BCUT2D eigenvalue weighted by Crippen LogP contribution is 2.36. The Morgan fingerprint density at radius 2 is 1.85 bits per heavy atom. The van der Waals surface area contributed by atoms with Crippen molar-refractivity contribution in [2.45, 2.75) is 25.8 Å². The number of methoxy groups -OCH3 is 2. The second-order valence-electron chi connectivity index (χ2n) is 8.77. The van der Waals surface area contributed by atoms with Gasteiger partial charge in [-0.05, 0) is 66.3 Å². The normalized spacial score (nSPS) is 18.6. The van der Waals surface area contributed by atoms with E-state index < -0.39 is 5.41 Å². The minimum absolute atomic E-state index is 0.230. The molecule has 6 nitrogen and oxygen atoms in total. The Labute approximate surface area is 195 Å². The average Bonchev–Trinajstić information content (AvgIpc) is 2.85. The van der Waals surface area contributed by atoms with Crippen molar-refractivity contribution in [3.63, 3.8) is 0 Å². The third-order valence-electron chi connectivity index (χ3n) is 6.50. The Kier molecular flexibility index (Phi) is 6.94. The number of rotatable bonds is 8. The van der Waals surface area contributed by atoms with Crippen molar-refractivity contribution in [2.24, 2.45) is 11.1 Å². The molecular weight excluding hydrogens is 414 g/mol. The molecule has 0 spiro atoms. The van der Waals surface area contributed by atoms with E-state index in [4.69, 9.17) is 15.2 Å². The summed E-state index contributed by atoms with van der Waals surface area (Å²) in [5, 5.41) is 0. The van der Waals surface area contributed by atoms with Crippen molar-refractivity contribution >= 4 is 5.91 Å². The predicted molar refractivity (Wildman–Crippen MR) is 129 cm³/mol. The van der Waals surface area contributed by atoms with Gasteiger partial charge in [0.15, 0.2) is 11.5 Å². The standard InChI is InChI=1S/C27H31N3O3/c1-32-24-10-9-21(15-25(24)33-2)18-30-13-5-11-27(19-30,26(28)31)16-20-6-3-7-22(14-20)23-8-4-12-29-17-23/h3-4,6-10,12,14-15,17H,5,11,13,16,18-19H2,1-2H3,(H2,28,31). The summed E-state index contributed by atoms with van der Waals surface area (Å²) in [6.45, 7) is 2.29. The summed E-state index contributed by atoms with van der Waals surface area (Å²) in [6.07, 6.45) is 5.97. The largest absolute Gasteiger partial charge is 0.493 e. The quantitative estimate of drug-likeness (QED) is 0.565. The number of likely N-dealkylation sites (tertiary alicyclic amines) is 1. The number of nitrogens with two attached hydrogens (primary N) is 1. The molecular formula is C27H31N3O3. The van der Waals surface area contributed by atoms with Crippen molar-refractivity contribution in [1.29, 1.82) is 0 Å². The molecule has 3 aromatic rings. The highest BCUT2D eigenvalue weighted by atomic mass is 16.5. The van der Waals surface area contributed by atoms with Crippen LogP contribution in [-0.4, -0.2) is 43.1 Å². The topological polar surface area (TPSA) is 77.7 Å². The first kappa shape index (κ1) is 22.8. The van der Waals surface area contributed by atoms with Crippen LogP contribution in [0.3, 0.4) is 0 Å². The molecule has 1 aliphatic heterocycles. The fraction of sp³-hybridized carbons (Fsp3) is 0.333. The molecule has 0 bridgehead atoms. The van der Waals surface area contributed by atoms with E-state index in [2.05, 4.69) is 28.1 Å². The van der Waals surface area contributed by atoms with Crippen molar-refractivity contribution in [3.8, 4) is 22.6 Å². The molecule has 172 valence electrons. The van der Waals surface area contributed by atoms with E-state index in [0.29, 0.717) is 24.5 Å². The van der Waals surface area contributed by atoms with Gasteiger partial charge in [0.05, 0.1) is 19.6 Å². The van der Waals surface area contributed by atoms with Crippen LogP contribution in [0.5, 0.6) is 11.5 Å². The van der Waals surface area contributed by atoms with Crippen LogP contribution < -0.4 is 15.2 Å². The lowest BCUT2D eigenvalue weighted by molar-refractivity contribution is -0.131. The molecule has 1 unspecified atom stereocenters. The zero-order valence-electron chi connectivity index (χ0n) is 19.3. The van der Waals surface area contributed by atoms with Gasteiger partial charge in [0.2, 0.25) is 5.91 Å². The molecule has 2 aromatic carbocycles. The van der Waals surface area contributed by atoms with Gasteiger partial charge in [0, 0.05) is 25.5 Å². The molecule has 1 amide bonds. The number of primary amides is 1. The third kappa shape index (κ3) is 5.17. The Bertz CT molecular complexity index is 1100. The van der Waals surface area contributed by atoms with Crippen molar-refractivity contribution in [3.05, 3.63) is 78.1 Å². The van der Waals surface area contributed by atoms with Gasteiger partial charge in [-0.3, -0.25) is 14.7 Å². The summed E-state index contributed by atoms with van der Waals surface area (Å²) in [4.78, 5) is 19.3. The number of piperidine rings is 1. The zero-order chi connectivity index (χ0) is 23.3. The predicted octanol–water partition coefficient (Wildman–Crippen LogP) is 4.08. The maximum absolute atomic E-state index is 12.8. The molecule has 0 saturated carbocycles. The molecule has 0 radical (unpaired) electrons. The molecule has 4 rings (SSSR count). The van der Waals surface area contributed by atoms with E-state index in [1.807, 2.05) is 42.6 Å². The second kappa shape index (κ2) is 10.0. The number of aromatic nitrogens is 1. The maximum atomic E-state index is 12.8. The van der Waals surface area contributed by atoms with Crippen molar-refractivity contribution in [1.82, 2.24) is 9.88 Å². The summed E-state index contributed by atoms with van der Waals surface area (Å²) >= 11 is 0. The van der Waals surface area contributed by atoms with E-state index in [1.54, 1.807) is 20.4 Å². The monoisotopic (exact) mass is 445 g/mol. The molecule has 2 heterocycles. The summed E-state index contributed by atoms with van der Waals surface area (Å²) in [5.41, 5.74) is 9.82. The molecule has 1 atom stereocenters. The summed E-state index contributed by atoms with van der Waals surface area (Å²) < 4.78 is 10.8. The Hall–Kier alpha value is -3.38. The molecule has 33 heavy (non-hydrogen) atoms. The molecule has 0 aliphatic carbocycles. The lowest BCUT2D eigenvalue weighted by Gasteiger charge is -2.41. The Morgan fingerprint density at radius 3 is 2.58 bits per heavy atom. The number of benzene rings is 2. The zero-order valence-corrected chi connectivity index (χ0v) is 19.3. The molecule has 1 saturated heterocycles. The van der Waals surface area contributed by atoms with Crippen LogP contribution in [0.4, 0.5) is 0 Å². The van der Waals surface area contributed by atoms with Gasteiger partial charge in [0.1, 0.15) is 0 Å². The average molecular weight is 446 g/mol. The van der Waals surface area contributed by atoms with Crippen LogP contribution in [0.15, 0.2) is 67.0 Å². The lowest BCUT2D eigenvalue weighted by atomic mass is 9.74. The number of ether oxygens (including phenoxy) is 2. The number of hydrogen-bond donors (Lipinski definition) is 1. The number of nitrogens with zero attached hydrogens (tertiary/aromatic N) is 2. The highest BCUT2D eigenvalue weighted by molar-refractivity contribution is 5.81. The van der Waals surface area contributed by atoms with Crippen LogP contribution in [0, 0.1) is 5.41 Å². The molecule has 1 aromatic heterocycles. The maximum Gasteiger partial charge on any atom is 0.225 e. The van der Waals surface area contributed by atoms with E-state index in [9.17, 15) is 4.79 Å². The summed E-state index contributed by atoms with van der Waals surface area (Å²) in [5.74, 6) is 1.19. The van der Waals surface area contributed by atoms with Crippen LogP contribution in [0.2, 0.25) is 0 Å². The van der Waals surface area contributed by atoms with E-state index >= 15 is 0 Å². The van der Waals surface area contributed by atoms with Gasteiger partial charge in [-0.25, -0.2) is 0 Å². The minimum Gasteiger partial charge on any atom is -0.493 e. The van der Waals surface area contributed by atoms with Gasteiger partial charge in [0.25, 0.3) is 0 Å². The van der Waals surface area contributed by atoms with E-state index in [1.165, 1.54) is 0 Å². The lowest BCUT2D eigenvalue weighted by Crippen LogP contribution is -2.51. The fourth-order valence-electron chi connectivity index (χ4n) is 4.82. The molecule has 6 heteroatoms. The summed E-state index contributed by atoms with van der Waals surface area (Å²) in [7, 11) is 3.27. The number of pyridine rings is 1. The van der Waals surface area contributed by atoms with Crippen LogP contribution in [-0.2, 0) is 17.8 Å². The Morgan fingerprint density at radius 1 is 1.03 bits per heavy atom. The fourth-order valence-corrected chi connectivity index (χ4v) is 4.82. The first-order valence-electron chi connectivity index (χ1n) is 11.3. The van der Waals surface area contributed by atoms with Crippen LogP contribution in [0.25, 0.3) is 11.1 Å². The molecule has 2 N–H and O–H groups in total. The van der Waals surface area contributed by atoms with Crippen LogP contribution >= 0.6 is 0 Å². The second-order valence-corrected chi connectivity index (χ2v) is 8.77.